The quantitative estimate of drug-likeness (QED) is 0.269. The van der Waals surface area contributed by atoms with Gasteiger partial charge in [0.05, 0.1) is 5.73 Å². The zero-order valence-corrected chi connectivity index (χ0v) is 26.7. The van der Waals surface area contributed by atoms with Crippen molar-refractivity contribution in [2.24, 2.45) is 0 Å². The van der Waals surface area contributed by atoms with Crippen LogP contribution in [0.5, 0.6) is 0 Å². The van der Waals surface area contributed by atoms with Crippen molar-refractivity contribution >= 4 is 52.1 Å². The Morgan fingerprint density at radius 3 is 1.37 bits per heavy atom. The monoisotopic (exact) mass is 486 g/mol. The lowest BCUT2D eigenvalue weighted by Crippen LogP contribution is -2.65. The Bertz CT molecular complexity index is 401. The van der Waals surface area contributed by atoms with Crippen LogP contribution in [0.1, 0.15) is 20.3 Å². The molecule has 0 rings (SSSR count). The van der Waals surface area contributed by atoms with Gasteiger partial charge in [0.25, 0.3) is 0 Å². The predicted molar refractivity (Wildman–Crippen MR) is 132 cm³/mol. The van der Waals surface area contributed by atoms with Crippen LogP contribution in [0.25, 0.3) is 0 Å². The average Bonchev–Trinajstić information content (AvgIpc) is 2.31. The van der Waals surface area contributed by atoms with E-state index in [1.807, 2.05) is 0 Å². The maximum atomic E-state index is 6.70. The Labute approximate surface area is 176 Å². The minimum absolute atomic E-state index is 0.0300. The van der Waals surface area contributed by atoms with Gasteiger partial charge in [0.15, 0.2) is 25.0 Å². The molecule has 1 atom stereocenters. The molecule has 0 aromatic rings. The van der Waals surface area contributed by atoms with Crippen molar-refractivity contribution in [2.75, 3.05) is 0 Å². The molecule has 27 heavy (non-hydrogen) atoms. The molecule has 0 bridgehead atoms. The SMILES string of the molecule is CCC[SiH2]O[Si](C)(C)C(C)O[Si](O[Si](C)(C)C)(O[Si](C)(C)C)O[Si](C)(C)C. The molecule has 1 unspecified atom stereocenters. The Morgan fingerprint density at radius 2 is 1.07 bits per heavy atom. The molecule has 5 nitrogen and oxygen atoms in total. The smallest absolute Gasteiger partial charge is 0.459 e. The first-order valence-corrected chi connectivity index (χ1v) is 26.7. The summed E-state index contributed by atoms with van der Waals surface area (Å²) in [4.78, 5) is 0. The summed E-state index contributed by atoms with van der Waals surface area (Å²) in [5.74, 6) is 0. The molecule has 0 spiro atoms. The standard InChI is InChI=1S/C16H46O5Si6/c1-14-15-22-18-26(12,13)16(2)17-27(19-23(3,4)5,20-24(6,7)8)21-25(9,10)11/h16H,14-15,22H2,1-13H3. The largest absolute Gasteiger partial charge is 0.647 e. The van der Waals surface area contributed by atoms with Gasteiger partial charge < -0.3 is 20.9 Å². The molecule has 0 aromatic carbocycles. The van der Waals surface area contributed by atoms with E-state index in [-0.39, 0.29) is 5.73 Å². The van der Waals surface area contributed by atoms with Crippen molar-refractivity contribution in [1.82, 2.24) is 0 Å². The van der Waals surface area contributed by atoms with E-state index in [0.717, 1.165) is 0 Å². The van der Waals surface area contributed by atoms with Gasteiger partial charge in [0.1, 0.15) is 9.76 Å². The lowest BCUT2D eigenvalue weighted by molar-refractivity contribution is 0.0676. The third-order valence-electron chi connectivity index (χ3n) is 3.57. The Kier molecular flexibility index (Phi) is 10.8. The molecule has 0 radical (unpaired) electrons. The summed E-state index contributed by atoms with van der Waals surface area (Å²) in [6.45, 7) is 28.4. The van der Waals surface area contributed by atoms with E-state index in [4.69, 9.17) is 20.9 Å². The predicted octanol–water partition coefficient (Wildman–Crippen LogP) is 5.05. The summed E-state index contributed by atoms with van der Waals surface area (Å²) >= 11 is 0. The van der Waals surface area contributed by atoms with E-state index in [9.17, 15) is 0 Å². The van der Waals surface area contributed by atoms with Gasteiger partial charge in [-0.15, -0.1) is 0 Å². The van der Waals surface area contributed by atoms with Gasteiger partial charge >= 0.3 is 9.05 Å². The highest BCUT2D eigenvalue weighted by Crippen LogP contribution is 2.29. The van der Waals surface area contributed by atoms with Crippen molar-refractivity contribution < 1.29 is 20.9 Å². The van der Waals surface area contributed by atoms with E-state index in [0.29, 0.717) is 0 Å². The van der Waals surface area contributed by atoms with Crippen LogP contribution in [0.2, 0.25) is 78.1 Å². The second-order valence-corrected chi connectivity index (χ2v) is 33.4. The van der Waals surface area contributed by atoms with E-state index in [1.165, 1.54) is 12.5 Å². The fraction of sp³-hybridized carbons (Fsp3) is 1.00. The van der Waals surface area contributed by atoms with Crippen LogP contribution >= 0.6 is 0 Å². The lowest BCUT2D eigenvalue weighted by atomic mass is 10.6. The van der Waals surface area contributed by atoms with E-state index < -0.39 is 52.1 Å². The molecule has 0 saturated carbocycles. The molecular formula is C16H46O5Si6. The second kappa shape index (κ2) is 10.4. The summed E-state index contributed by atoms with van der Waals surface area (Å²) in [5.41, 5.74) is -0.0300. The Balaban J connectivity index is 5.77. The highest BCUT2D eigenvalue weighted by atomic mass is 28.5. The summed E-state index contributed by atoms with van der Waals surface area (Å²) in [6, 6.07) is 1.22. The molecular weight excluding hydrogens is 441 g/mol. The first-order valence-electron chi connectivity index (χ1n) is 10.2. The molecule has 0 heterocycles. The number of hydrogen-bond donors (Lipinski definition) is 0. The molecule has 0 aromatic heterocycles. The van der Waals surface area contributed by atoms with Crippen molar-refractivity contribution in [3.05, 3.63) is 0 Å². The highest BCUT2D eigenvalue weighted by molar-refractivity contribution is 6.88. The molecule has 0 aliphatic heterocycles. The van der Waals surface area contributed by atoms with Gasteiger partial charge in [-0.1, -0.05) is 13.3 Å². The molecule has 0 saturated heterocycles. The molecule has 0 aliphatic carbocycles. The van der Waals surface area contributed by atoms with E-state index in [2.05, 4.69) is 85.9 Å². The first-order chi connectivity index (χ1) is 11.8. The topological polar surface area (TPSA) is 46.2 Å². The van der Waals surface area contributed by atoms with Crippen LogP contribution in [0.15, 0.2) is 0 Å². The molecule has 0 N–H and O–H groups in total. The summed E-state index contributed by atoms with van der Waals surface area (Å²) in [7, 11) is -11.6. The fourth-order valence-corrected chi connectivity index (χ4v) is 19.3. The summed E-state index contributed by atoms with van der Waals surface area (Å²) in [5, 5.41) is 0. The molecule has 0 amide bonds. The van der Waals surface area contributed by atoms with Crippen LogP contribution in [-0.2, 0) is 20.9 Å². The third kappa shape index (κ3) is 13.1. The minimum Gasteiger partial charge on any atom is -0.459 e. The van der Waals surface area contributed by atoms with Gasteiger partial charge in [0.2, 0.25) is 8.32 Å². The molecule has 11 heteroatoms. The van der Waals surface area contributed by atoms with Crippen LogP contribution in [0.3, 0.4) is 0 Å². The molecule has 0 fully saturated rings. The zero-order valence-electron chi connectivity index (χ0n) is 20.2. The van der Waals surface area contributed by atoms with Gasteiger partial charge in [-0.3, -0.25) is 0 Å². The number of rotatable bonds is 13. The Hall–Kier alpha value is 1.10. The van der Waals surface area contributed by atoms with Crippen molar-refractivity contribution in [3.8, 4) is 0 Å². The average molecular weight is 487 g/mol. The summed E-state index contributed by atoms with van der Waals surface area (Å²) in [6.07, 6.45) is 1.20. The first kappa shape index (κ1) is 28.1. The lowest BCUT2D eigenvalue weighted by Gasteiger charge is -2.44. The zero-order chi connectivity index (χ0) is 21.7. The molecule has 164 valence electrons. The van der Waals surface area contributed by atoms with Gasteiger partial charge in [-0.2, -0.15) is 0 Å². The van der Waals surface area contributed by atoms with Crippen LogP contribution < -0.4 is 0 Å². The molecule has 0 aliphatic rings. The maximum absolute atomic E-state index is 6.70. The number of hydrogen-bond acceptors (Lipinski definition) is 5. The third-order valence-corrected chi connectivity index (χ3v) is 21.7. The van der Waals surface area contributed by atoms with Crippen molar-refractivity contribution in [2.45, 2.75) is 104 Å². The summed E-state index contributed by atoms with van der Waals surface area (Å²) < 4.78 is 33.0. The van der Waals surface area contributed by atoms with Crippen molar-refractivity contribution in [3.63, 3.8) is 0 Å². The van der Waals surface area contributed by atoms with E-state index >= 15 is 0 Å². The highest BCUT2D eigenvalue weighted by Gasteiger charge is 2.56. The van der Waals surface area contributed by atoms with Crippen LogP contribution in [0, 0.1) is 0 Å². The van der Waals surface area contributed by atoms with Gasteiger partial charge in [-0.25, -0.2) is 0 Å². The van der Waals surface area contributed by atoms with Crippen molar-refractivity contribution in [1.29, 1.82) is 0 Å². The van der Waals surface area contributed by atoms with Gasteiger partial charge in [0, 0.05) is 0 Å². The Morgan fingerprint density at radius 1 is 0.704 bits per heavy atom. The van der Waals surface area contributed by atoms with Crippen LogP contribution in [0.4, 0.5) is 0 Å². The maximum Gasteiger partial charge on any atom is 0.647 e. The van der Waals surface area contributed by atoms with Gasteiger partial charge in [-0.05, 0) is 85.0 Å². The van der Waals surface area contributed by atoms with Crippen LogP contribution in [-0.4, -0.2) is 57.8 Å². The normalized spacial score (nSPS) is 16.3. The minimum atomic E-state index is -3.27. The second-order valence-electron chi connectivity index (χ2n) is 10.7. The van der Waals surface area contributed by atoms with E-state index in [1.54, 1.807) is 0 Å². The fourth-order valence-electron chi connectivity index (χ4n) is 2.21.